The van der Waals surface area contributed by atoms with Crippen LogP contribution in [0.5, 0.6) is 0 Å². The van der Waals surface area contributed by atoms with Crippen LogP contribution < -0.4 is 5.32 Å². The molecule has 2 aromatic rings. The zero-order chi connectivity index (χ0) is 15.1. The van der Waals surface area contributed by atoms with Crippen LogP contribution in [0.25, 0.3) is 0 Å². The van der Waals surface area contributed by atoms with Crippen LogP contribution in [-0.2, 0) is 11.2 Å². The molecule has 4 heteroatoms. The van der Waals surface area contributed by atoms with E-state index in [0.717, 1.165) is 5.56 Å². The number of aliphatic hydroxyl groups excluding tert-OH is 1. The number of carbonyl (C=O) groups is 1. The normalized spacial score (nSPS) is 9.62. The van der Waals surface area contributed by atoms with Crippen molar-refractivity contribution in [3.05, 3.63) is 64.7 Å². The summed E-state index contributed by atoms with van der Waals surface area (Å²) in [5, 5.41) is 12.1. The standard InChI is InChI=1S/C17H14ClNO2/c18-15-9-8-14(7-4-10-20)16(12-15)19-17(21)11-13-5-2-1-3-6-13/h1-3,5-6,8-9,12,20H,10-11H2,(H,19,21). The van der Waals surface area contributed by atoms with Gasteiger partial charge in [-0.2, -0.15) is 0 Å². The molecule has 0 heterocycles. The zero-order valence-corrected chi connectivity index (χ0v) is 12.0. The Kier molecular flexibility index (Phi) is 5.39. The Hall–Kier alpha value is -2.28. The quantitative estimate of drug-likeness (QED) is 0.856. The minimum atomic E-state index is -0.236. The lowest BCUT2D eigenvalue weighted by atomic mass is 10.1. The molecule has 0 aliphatic rings. The third kappa shape index (κ3) is 4.64. The topological polar surface area (TPSA) is 49.3 Å². The maximum atomic E-state index is 12.1. The van der Waals surface area contributed by atoms with Crippen LogP contribution in [-0.4, -0.2) is 17.6 Å². The van der Waals surface area contributed by atoms with Gasteiger partial charge in [0.15, 0.2) is 0 Å². The van der Waals surface area contributed by atoms with Gasteiger partial charge in [-0.3, -0.25) is 4.79 Å². The predicted molar refractivity (Wildman–Crippen MR) is 84.2 cm³/mol. The molecule has 0 unspecified atom stereocenters. The Morgan fingerprint density at radius 1 is 1.19 bits per heavy atom. The molecule has 0 radical (unpaired) electrons. The van der Waals surface area contributed by atoms with Crippen molar-refractivity contribution in [2.24, 2.45) is 0 Å². The third-order valence-corrected chi connectivity index (χ3v) is 3.00. The first-order chi connectivity index (χ1) is 10.2. The number of anilines is 1. The lowest BCUT2D eigenvalue weighted by Crippen LogP contribution is -2.15. The summed E-state index contributed by atoms with van der Waals surface area (Å²) >= 11 is 5.95. The maximum absolute atomic E-state index is 12.1. The summed E-state index contributed by atoms with van der Waals surface area (Å²) in [6.07, 6.45) is 0.278. The van der Waals surface area contributed by atoms with Crippen molar-refractivity contribution < 1.29 is 9.90 Å². The van der Waals surface area contributed by atoms with Crippen molar-refractivity contribution in [3.63, 3.8) is 0 Å². The van der Waals surface area contributed by atoms with Crippen molar-refractivity contribution >= 4 is 23.2 Å². The van der Waals surface area contributed by atoms with Gasteiger partial charge in [-0.05, 0) is 23.8 Å². The van der Waals surface area contributed by atoms with E-state index >= 15 is 0 Å². The molecule has 0 aromatic heterocycles. The fourth-order valence-corrected chi connectivity index (χ4v) is 2.01. The Morgan fingerprint density at radius 3 is 2.67 bits per heavy atom. The van der Waals surface area contributed by atoms with Gasteiger partial charge in [0, 0.05) is 10.6 Å². The summed E-state index contributed by atoms with van der Waals surface area (Å²) in [4.78, 5) is 12.1. The van der Waals surface area contributed by atoms with Crippen LogP contribution in [0.2, 0.25) is 5.02 Å². The van der Waals surface area contributed by atoms with Crippen LogP contribution in [0.4, 0.5) is 5.69 Å². The van der Waals surface area contributed by atoms with E-state index in [-0.39, 0.29) is 18.9 Å². The second-order valence-electron chi connectivity index (χ2n) is 4.36. The van der Waals surface area contributed by atoms with Crippen LogP contribution in [0.15, 0.2) is 48.5 Å². The number of amides is 1. The smallest absolute Gasteiger partial charge is 0.228 e. The number of carbonyl (C=O) groups excluding carboxylic acids is 1. The van der Waals surface area contributed by atoms with Gasteiger partial charge >= 0.3 is 0 Å². The van der Waals surface area contributed by atoms with Crippen molar-refractivity contribution in [2.45, 2.75) is 6.42 Å². The van der Waals surface area contributed by atoms with E-state index < -0.39 is 0 Å². The van der Waals surface area contributed by atoms with Gasteiger partial charge in [-0.25, -0.2) is 0 Å². The molecule has 0 fully saturated rings. The number of hydrogen-bond acceptors (Lipinski definition) is 2. The van der Waals surface area contributed by atoms with E-state index in [4.69, 9.17) is 16.7 Å². The van der Waals surface area contributed by atoms with Crippen molar-refractivity contribution in [2.75, 3.05) is 11.9 Å². The third-order valence-electron chi connectivity index (χ3n) is 2.77. The summed E-state index contributed by atoms with van der Waals surface area (Å²) in [6.45, 7) is -0.236. The second-order valence-corrected chi connectivity index (χ2v) is 4.80. The van der Waals surface area contributed by atoms with Gasteiger partial charge in [0.05, 0.1) is 12.1 Å². The summed E-state index contributed by atoms with van der Waals surface area (Å²) in [5.74, 6) is 5.20. The second kappa shape index (κ2) is 7.49. The Bertz CT molecular complexity index is 687. The van der Waals surface area contributed by atoms with Crippen molar-refractivity contribution in [3.8, 4) is 11.8 Å². The minimum absolute atomic E-state index is 0.143. The number of rotatable bonds is 3. The lowest BCUT2D eigenvalue weighted by Gasteiger charge is -2.08. The van der Waals surface area contributed by atoms with Gasteiger partial charge < -0.3 is 10.4 Å². The molecule has 0 saturated heterocycles. The SMILES string of the molecule is O=C(Cc1ccccc1)Nc1cc(Cl)ccc1C#CCO. The molecule has 106 valence electrons. The van der Waals surface area contributed by atoms with E-state index in [0.29, 0.717) is 16.3 Å². The maximum Gasteiger partial charge on any atom is 0.228 e. The van der Waals surface area contributed by atoms with E-state index in [1.807, 2.05) is 30.3 Å². The summed E-state index contributed by atoms with van der Waals surface area (Å²) in [7, 11) is 0. The van der Waals surface area contributed by atoms with Gasteiger partial charge in [0.25, 0.3) is 0 Å². The molecule has 0 saturated carbocycles. The van der Waals surface area contributed by atoms with Crippen LogP contribution in [0, 0.1) is 11.8 Å². The first kappa shape index (κ1) is 15.1. The number of benzene rings is 2. The molecule has 0 aliphatic heterocycles. The largest absolute Gasteiger partial charge is 0.384 e. The van der Waals surface area contributed by atoms with E-state index in [1.54, 1.807) is 18.2 Å². The summed E-state index contributed by atoms with van der Waals surface area (Å²) < 4.78 is 0. The van der Waals surface area contributed by atoms with Gasteiger partial charge in [0.1, 0.15) is 6.61 Å². The number of aliphatic hydroxyl groups is 1. The van der Waals surface area contributed by atoms with Crippen LogP contribution >= 0.6 is 11.6 Å². The average molecular weight is 300 g/mol. The summed E-state index contributed by atoms with van der Waals surface area (Å²) in [5.41, 5.74) is 2.10. The van der Waals surface area contributed by atoms with Gasteiger partial charge in [-0.1, -0.05) is 53.8 Å². The number of nitrogens with one attached hydrogen (secondary N) is 1. The van der Waals surface area contributed by atoms with Crippen molar-refractivity contribution in [1.29, 1.82) is 0 Å². The van der Waals surface area contributed by atoms with E-state index in [1.165, 1.54) is 0 Å². The highest BCUT2D eigenvalue weighted by molar-refractivity contribution is 6.31. The highest BCUT2D eigenvalue weighted by atomic mass is 35.5. The molecule has 2 aromatic carbocycles. The molecule has 2 N–H and O–H groups in total. The molecule has 21 heavy (non-hydrogen) atoms. The molecule has 0 bridgehead atoms. The molecule has 3 nitrogen and oxygen atoms in total. The van der Waals surface area contributed by atoms with E-state index in [9.17, 15) is 4.79 Å². The lowest BCUT2D eigenvalue weighted by molar-refractivity contribution is -0.115. The molecule has 0 atom stereocenters. The first-order valence-electron chi connectivity index (χ1n) is 6.42. The minimum Gasteiger partial charge on any atom is -0.384 e. The highest BCUT2D eigenvalue weighted by Gasteiger charge is 2.07. The molecular weight excluding hydrogens is 286 g/mol. The van der Waals surface area contributed by atoms with E-state index in [2.05, 4.69) is 17.2 Å². The van der Waals surface area contributed by atoms with Crippen LogP contribution in [0.3, 0.4) is 0 Å². The molecule has 0 spiro atoms. The molecule has 1 amide bonds. The number of halogens is 1. The molecule has 2 rings (SSSR count). The fraction of sp³-hybridized carbons (Fsp3) is 0.118. The monoisotopic (exact) mass is 299 g/mol. The Labute approximate surface area is 128 Å². The number of hydrogen-bond donors (Lipinski definition) is 2. The fourth-order valence-electron chi connectivity index (χ4n) is 1.84. The highest BCUT2D eigenvalue weighted by Crippen LogP contribution is 2.20. The Balaban J connectivity index is 2.14. The van der Waals surface area contributed by atoms with Gasteiger partial charge in [0.2, 0.25) is 5.91 Å². The summed E-state index contributed by atoms with van der Waals surface area (Å²) in [6, 6.07) is 14.5. The molecular formula is C17H14ClNO2. The zero-order valence-electron chi connectivity index (χ0n) is 11.3. The predicted octanol–water partition coefficient (Wildman–Crippen LogP) is 2.87. The molecule has 0 aliphatic carbocycles. The average Bonchev–Trinajstić information content (AvgIpc) is 2.47. The van der Waals surface area contributed by atoms with Gasteiger partial charge in [-0.15, -0.1) is 0 Å². The van der Waals surface area contributed by atoms with Crippen molar-refractivity contribution in [1.82, 2.24) is 0 Å². The Morgan fingerprint density at radius 2 is 1.95 bits per heavy atom. The first-order valence-corrected chi connectivity index (χ1v) is 6.80. The van der Waals surface area contributed by atoms with Crippen LogP contribution in [0.1, 0.15) is 11.1 Å².